The van der Waals surface area contributed by atoms with E-state index in [1.807, 2.05) is 0 Å². The number of hydrogen-bond acceptors (Lipinski definition) is 7. The van der Waals surface area contributed by atoms with Gasteiger partial charge in [-0.25, -0.2) is 4.39 Å². The highest BCUT2D eigenvalue weighted by Crippen LogP contribution is 2.24. The number of carbonyl (C=O) groups is 1. The smallest absolute Gasteiger partial charge is 0.361 e. The number of aromatic nitrogens is 5. The molecular weight excluding hydrogens is 445 g/mol. The van der Waals surface area contributed by atoms with Crippen LogP contribution in [0, 0.1) is 43.6 Å². The summed E-state index contributed by atoms with van der Waals surface area (Å²) in [5, 5.41) is 26.2. The fraction of sp³-hybridized carbons (Fsp3) is 0.273. The summed E-state index contributed by atoms with van der Waals surface area (Å²) in [6.07, 6.45) is 0. The maximum atomic E-state index is 13.5. The van der Waals surface area contributed by atoms with Crippen LogP contribution in [0.25, 0.3) is 0 Å². The van der Waals surface area contributed by atoms with Gasteiger partial charge in [-0.15, -0.1) is 0 Å². The zero-order valence-corrected chi connectivity index (χ0v) is 19.0. The number of hydrogen-bond donors (Lipinski definition) is 1. The molecule has 0 spiro atoms. The molecule has 0 aliphatic rings. The maximum Gasteiger partial charge on any atom is 0.390 e. The number of nitrogens with one attached hydrogen (secondary N) is 1. The Morgan fingerprint density at radius 1 is 1.15 bits per heavy atom. The van der Waals surface area contributed by atoms with Crippen LogP contribution in [0.15, 0.2) is 34.9 Å². The predicted molar refractivity (Wildman–Crippen MR) is 119 cm³/mol. The molecule has 1 aromatic carbocycles. The number of amides is 1. The molecule has 11 nitrogen and oxygen atoms in total. The zero-order valence-electron chi connectivity index (χ0n) is 19.0. The normalized spacial score (nSPS) is 11.1. The van der Waals surface area contributed by atoms with E-state index in [1.54, 1.807) is 44.5 Å². The lowest BCUT2D eigenvalue weighted by molar-refractivity contribution is -0.389. The molecule has 0 saturated carbocycles. The molecule has 3 aromatic heterocycles. The third-order valence-electron chi connectivity index (χ3n) is 5.50. The summed E-state index contributed by atoms with van der Waals surface area (Å²) in [6, 6.07) is 7.58. The Bertz CT molecular complexity index is 1400. The molecule has 34 heavy (non-hydrogen) atoms. The van der Waals surface area contributed by atoms with Crippen LogP contribution in [0.5, 0.6) is 0 Å². The average Bonchev–Trinajstić information content (AvgIpc) is 3.41. The number of aryl methyl sites for hydroxylation is 3. The molecule has 4 aromatic rings. The number of nitro groups is 1. The van der Waals surface area contributed by atoms with Gasteiger partial charge in [-0.1, -0.05) is 17.3 Å². The fourth-order valence-corrected chi connectivity index (χ4v) is 3.66. The van der Waals surface area contributed by atoms with Gasteiger partial charge in [0.2, 0.25) is 0 Å². The van der Waals surface area contributed by atoms with Crippen LogP contribution in [-0.2, 0) is 13.1 Å². The number of nitrogens with zero attached hydrogens (tertiary/aromatic N) is 6. The van der Waals surface area contributed by atoms with Gasteiger partial charge in [0, 0.05) is 0 Å². The highest BCUT2D eigenvalue weighted by molar-refractivity contribution is 6.04. The predicted octanol–water partition coefficient (Wildman–Crippen LogP) is 3.70. The van der Waals surface area contributed by atoms with Crippen molar-refractivity contribution in [2.75, 3.05) is 5.32 Å². The van der Waals surface area contributed by atoms with E-state index in [4.69, 9.17) is 4.52 Å². The minimum absolute atomic E-state index is 0.0479. The standard InChI is InChI=1S/C22H22FN7O4/c1-12-8-19(30(32)33)26-28(12)11-18-15(4)34-27-21(18)22(31)24-20-13(2)25-29(14(20)3)10-16-6-5-7-17(23)9-16/h5-9H,10-11H2,1-4H3,(H,24,31). The van der Waals surface area contributed by atoms with Gasteiger partial charge in [0.1, 0.15) is 11.6 Å². The topological polar surface area (TPSA) is 134 Å². The van der Waals surface area contributed by atoms with E-state index in [9.17, 15) is 19.3 Å². The van der Waals surface area contributed by atoms with E-state index in [0.717, 1.165) is 5.56 Å². The van der Waals surface area contributed by atoms with Gasteiger partial charge in [0.25, 0.3) is 5.91 Å². The van der Waals surface area contributed by atoms with E-state index < -0.39 is 10.8 Å². The van der Waals surface area contributed by atoms with Gasteiger partial charge >= 0.3 is 5.82 Å². The number of benzene rings is 1. The van der Waals surface area contributed by atoms with Crippen molar-refractivity contribution < 1.29 is 18.6 Å². The number of anilines is 1. The van der Waals surface area contributed by atoms with Crippen molar-refractivity contribution in [1.82, 2.24) is 24.7 Å². The molecule has 0 aliphatic heterocycles. The first-order chi connectivity index (χ1) is 16.1. The summed E-state index contributed by atoms with van der Waals surface area (Å²) in [5.74, 6) is -0.727. The molecule has 0 unspecified atom stereocenters. The zero-order chi connectivity index (χ0) is 24.6. The van der Waals surface area contributed by atoms with Gasteiger partial charge in [-0.3, -0.25) is 9.48 Å². The molecule has 1 N–H and O–H groups in total. The second-order valence-corrected chi connectivity index (χ2v) is 7.91. The lowest BCUT2D eigenvalue weighted by atomic mass is 10.1. The molecule has 0 atom stereocenters. The van der Waals surface area contributed by atoms with Gasteiger partial charge in [-0.2, -0.15) is 9.78 Å². The maximum absolute atomic E-state index is 13.5. The quantitative estimate of drug-likeness (QED) is 0.323. The van der Waals surface area contributed by atoms with Gasteiger partial charge < -0.3 is 20.0 Å². The third-order valence-corrected chi connectivity index (χ3v) is 5.50. The van der Waals surface area contributed by atoms with E-state index in [-0.39, 0.29) is 23.9 Å². The molecule has 3 heterocycles. The van der Waals surface area contributed by atoms with E-state index >= 15 is 0 Å². The summed E-state index contributed by atoms with van der Waals surface area (Å²) in [4.78, 5) is 23.5. The molecular formula is C22H22FN7O4. The molecule has 0 saturated heterocycles. The first kappa shape index (κ1) is 22.8. The van der Waals surface area contributed by atoms with Crippen molar-refractivity contribution in [3.63, 3.8) is 0 Å². The van der Waals surface area contributed by atoms with Crippen molar-refractivity contribution >= 4 is 17.4 Å². The van der Waals surface area contributed by atoms with Crippen LogP contribution in [0.2, 0.25) is 0 Å². The SMILES string of the molecule is Cc1nn(Cc2cccc(F)c2)c(C)c1NC(=O)c1noc(C)c1Cn1nc([N+](=O)[O-])cc1C. The Morgan fingerprint density at radius 2 is 1.91 bits per heavy atom. The molecule has 0 aliphatic carbocycles. The summed E-state index contributed by atoms with van der Waals surface area (Å²) < 4.78 is 21.9. The summed E-state index contributed by atoms with van der Waals surface area (Å²) in [7, 11) is 0. The molecule has 0 bridgehead atoms. The Morgan fingerprint density at radius 3 is 2.59 bits per heavy atom. The minimum atomic E-state index is -0.579. The van der Waals surface area contributed by atoms with Crippen LogP contribution in [0.1, 0.15) is 44.5 Å². The molecule has 0 radical (unpaired) electrons. The highest BCUT2D eigenvalue weighted by Gasteiger charge is 2.25. The minimum Gasteiger partial charge on any atom is -0.361 e. The van der Waals surface area contributed by atoms with Crippen LogP contribution in [0.4, 0.5) is 15.9 Å². The van der Waals surface area contributed by atoms with Crippen LogP contribution < -0.4 is 5.32 Å². The fourth-order valence-electron chi connectivity index (χ4n) is 3.66. The lowest BCUT2D eigenvalue weighted by Crippen LogP contribution is -2.17. The van der Waals surface area contributed by atoms with Crippen molar-refractivity contribution in [3.8, 4) is 0 Å². The van der Waals surface area contributed by atoms with Crippen LogP contribution in [-0.4, -0.2) is 35.5 Å². The summed E-state index contributed by atoms with van der Waals surface area (Å²) in [5.41, 5.74) is 3.59. The second kappa shape index (κ2) is 8.89. The summed E-state index contributed by atoms with van der Waals surface area (Å²) >= 11 is 0. The Balaban J connectivity index is 1.57. The first-order valence-electron chi connectivity index (χ1n) is 10.4. The van der Waals surface area contributed by atoms with E-state index in [1.165, 1.54) is 22.9 Å². The van der Waals surface area contributed by atoms with Crippen molar-refractivity contribution in [2.45, 2.75) is 40.8 Å². The molecule has 4 rings (SSSR count). The van der Waals surface area contributed by atoms with Crippen molar-refractivity contribution in [1.29, 1.82) is 0 Å². The third kappa shape index (κ3) is 4.42. The van der Waals surface area contributed by atoms with Gasteiger partial charge in [0.15, 0.2) is 5.69 Å². The number of rotatable bonds is 7. The molecule has 1 amide bonds. The van der Waals surface area contributed by atoms with Gasteiger partial charge in [-0.05, 0) is 50.3 Å². The van der Waals surface area contributed by atoms with Gasteiger partial charge in [0.05, 0.1) is 52.6 Å². The Hall–Kier alpha value is -4.35. The van der Waals surface area contributed by atoms with E-state index in [0.29, 0.717) is 40.6 Å². The number of carbonyl (C=O) groups excluding carboxylic acids is 1. The molecule has 0 fully saturated rings. The Kier molecular flexibility index (Phi) is 5.97. The largest absolute Gasteiger partial charge is 0.390 e. The second-order valence-electron chi connectivity index (χ2n) is 7.91. The summed E-state index contributed by atoms with van der Waals surface area (Å²) in [6.45, 7) is 7.31. The van der Waals surface area contributed by atoms with Crippen molar-refractivity contribution in [3.05, 3.63) is 85.9 Å². The molecule has 176 valence electrons. The van der Waals surface area contributed by atoms with Crippen LogP contribution in [0.3, 0.4) is 0 Å². The lowest BCUT2D eigenvalue weighted by Gasteiger charge is -2.07. The average molecular weight is 467 g/mol. The van der Waals surface area contributed by atoms with Crippen LogP contribution >= 0.6 is 0 Å². The monoisotopic (exact) mass is 467 g/mol. The van der Waals surface area contributed by atoms with E-state index in [2.05, 4.69) is 20.7 Å². The van der Waals surface area contributed by atoms with Crippen molar-refractivity contribution in [2.24, 2.45) is 0 Å². The molecule has 12 heteroatoms. The Labute approximate surface area is 193 Å². The number of halogens is 1. The first-order valence-corrected chi connectivity index (χ1v) is 10.4. The highest BCUT2D eigenvalue weighted by atomic mass is 19.1.